The smallest absolute Gasteiger partial charge is 0.251 e. The number of halogens is 1. The van der Waals surface area contributed by atoms with E-state index in [1.165, 1.54) is 12.1 Å². The molecule has 1 aromatic heterocycles. The quantitative estimate of drug-likeness (QED) is 0.722. The second-order valence-electron chi connectivity index (χ2n) is 6.77. The maximum atomic E-state index is 13.3. The zero-order valence-electron chi connectivity index (χ0n) is 15.1. The van der Waals surface area contributed by atoms with Crippen LogP contribution in [0.5, 0.6) is 0 Å². The number of fused-ring (bicyclic) bond motifs is 1. The van der Waals surface area contributed by atoms with E-state index in [4.69, 9.17) is 0 Å². The van der Waals surface area contributed by atoms with Gasteiger partial charge < -0.3 is 10.3 Å². The lowest BCUT2D eigenvalue weighted by molar-refractivity contribution is 0.0954. The second-order valence-corrected chi connectivity index (χ2v) is 6.77. The van der Waals surface area contributed by atoms with Gasteiger partial charge in [0.15, 0.2) is 0 Å². The molecule has 27 heavy (non-hydrogen) atoms. The number of amides is 1. The fourth-order valence-corrected chi connectivity index (χ4v) is 3.32. The number of H-pyrrole nitrogens is 1. The minimum absolute atomic E-state index is 0.103. The van der Waals surface area contributed by atoms with Gasteiger partial charge in [0.1, 0.15) is 5.82 Å². The van der Waals surface area contributed by atoms with Crippen LogP contribution in [-0.2, 0) is 6.42 Å². The molecule has 3 aromatic rings. The van der Waals surface area contributed by atoms with Crippen LogP contribution < -0.4 is 10.3 Å². The molecule has 2 N–H and O–H groups in total. The van der Waals surface area contributed by atoms with Crippen LogP contribution in [0, 0.1) is 5.82 Å². The van der Waals surface area contributed by atoms with E-state index in [0.29, 0.717) is 18.5 Å². The molecule has 5 nitrogen and oxygen atoms in total. The number of aromatic amines is 1. The summed E-state index contributed by atoms with van der Waals surface area (Å²) in [7, 11) is 0. The molecule has 1 amide bonds. The number of carbonyl (C=O) groups excluding carboxylic acids is 1. The summed E-state index contributed by atoms with van der Waals surface area (Å²) < 4.78 is 13.3. The van der Waals surface area contributed by atoms with E-state index in [9.17, 15) is 9.18 Å². The summed E-state index contributed by atoms with van der Waals surface area (Å²) >= 11 is 0. The number of anilines is 1. The Bertz CT molecular complexity index is 1010. The third-order valence-corrected chi connectivity index (χ3v) is 4.81. The Labute approximate surface area is 156 Å². The third kappa shape index (κ3) is 3.69. The largest absolute Gasteiger partial charge is 0.361 e. The number of hydrazone groups is 1. The van der Waals surface area contributed by atoms with E-state index in [0.717, 1.165) is 40.8 Å². The normalized spacial score (nSPS) is 13.9. The van der Waals surface area contributed by atoms with E-state index < -0.39 is 0 Å². The minimum Gasteiger partial charge on any atom is -0.361 e. The van der Waals surface area contributed by atoms with Gasteiger partial charge in [0.25, 0.3) is 5.91 Å². The van der Waals surface area contributed by atoms with E-state index in [1.807, 2.05) is 42.4 Å². The standard InChI is InChI=1S/C21H21FN4O/c1-14-9-11-26(25-14)18-5-2-15(3-6-18)21(27)23-10-8-16-13-24-20-12-17(22)4-7-19(16)20/h2-7,12-13,24H,8-11H2,1H3,(H,23,27). The van der Waals surface area contributed by atoms with E-state index in [1.54, 1.807) is 6.07 Å². The van der Waals surface area contributed by atoms with Gasteiger partial charge in [-0.3, -0.25) is 9.80 Å². The predicted octanol–water partition coefficient (Wildman–Crippen LogP) is 3.87. The summed E-state index contributed by atoms with van der Waals surface area (Å²) in [5, 5.41) is 10.3. The third-order valence-electron chi connectivity index (χ3n) is 4.81. The van der Waals surface area contributed by atoms with Gasteiger partial charge in [-0.15, -0.1) is 0 Å². The van der Waals surface area contributed by atoms with Crippen molar-refractivity contribution in [3.63, 3.8) is 0 Å². The molecule has 0 aliphatic carbocycles. The maximum Gasteiger partial charge on any atom is 0.251 e. The number of nitrogens with zero attached hydrogens (tertiary/aromatic N) is 2. The topological polar surface area (TPSA) is 60.5 Å². The van der Waals surface area contributed by atoms with Crippen molar-refractivity contribution in [3.8, 4) is 0 Å². The van der Waals surface area contributed by atoms with Gasteiger partial charge in [0.05, 0.1) is 5.69 Å². The van der Waals surface area contributed by atoms with Gasteiger partial charge in [-0.05, 0) is 61.4 Å². The van der Waals surface area contributed by atoms with Crippen LogP contribution in [0.1, 0.15) is 29.3 Å². The number of nitrogens with one attached hydrogen (secondary N) is 2. The molecule has 4 rings (SSSR count). The average molecular weight is 364 g/mol. The Morgan fingerprint density at radius 3 is 2.81 bits per heavy atom. The van der Waals surface area contributed by atoms with Crippen molar-refractivity contribution in [1.29, 1.82) is 0 Å². The van der Waals surface area contributed by atoms with Crippen LogP contribution in [0.3, 0.4) is 0 Å². The van der Waals surface area contributed by atoms with Gasteiger partial charge in [-0.2, -0.15) is 5.10 Å². The van der Waals surface area contributed by atoms with Crippen molar-refractivity contribution >= 4 is 28.2 Å². The van der Waals surface area contributed by atoms with Crippen molar-refractivity contribution in [3.05, 3.63) is 65.6 Å². The van der Waals surface area contributed by atoms with Crippen molar-refractivity contribution in [2.24, 2.45) is 5.10 Å². The van der Waals surface area contributed by atoms with E-state index >= 15 is 0 Å². The van der Waals surface area contributed by atoms with Crippen LogP contribution in [0.15, 0.2) is 53.8 Å². The lowest BCUT2D eigenvalue weighted by Crippen LogP contribution is -2.25. The van der Waals surface area contributed by atoms with E-state index in [-0.39, 0.29) is 11.7 Å². The molecule has 2 aromatic carbocycles. The summed E-state index contributed by atoms with van der Waals surface area (Å²) in [4.78, 5) is 15.4. The zero-order valence-corrected chi connectivity index (χ0v) is 15.1. The lowest BCUT2D eigenvalue weighted by atomic mass is 10.1. The highest BCUT2D eigenvalue weighted by Gasteiger charge is 2.13. The van der Waals surface area contributed by atoms with Gasteiger partial charge >= 0.3 is 0 Å². The van der Waals surface area contributed by atoms with Crippen LogP contribution in [0.25, 0.3) is 10.9 Å². The van der Waals surface area contributed by atoms with Gasteiger partial charge in [-0.1, -0.05) is 0 Å². The van der Waals surface area contributed by atoms with E-state index in [2.05, 4.69) is 15.4 Å². The van der Waals surface area contributed by atoms with Crippen molar-refractivity contribution in [1.82, 2.24) is 10.3 Å². The highest BCUT2D eigenvalue weighted by atomic mass is 19.1. The molecule has 1 aliphatic heterocycles. The SMILES string of the molecule is CC1=NN(c2ccc(C(=O)NCCc3c[nH]c4cc(F)ccc34)cc2)CC1. The predicted molar refractivity (Wildman–Crippen MR) is 106 cm³/mol. The monoisotopic (exact) mass is 364 g/mol. The van der Waals surface area contributed by atoms with Crippen LogP contribution in [0.4, 0.5) is 10.1 Å². The molecular weight excluding hydrogens is 343 g/mol. The first-order valence-corrected chi connectivity index (χ1v) is 9.05. The Kier molecular flexibility index (Phi) is 4.62. The fraction of sp³-hybridized carbons (Fsp3) is 0.238. The number of aromatic nitrogens is 1. The molecule has 0 saturated carbocycles. The lowest BCUT2D eigenvalue weighted by Gasteiger charge is -2.14. The maximum absolute atomic E-state index is 13.3. The molecule has 1 aliphatic rings. The van der Waals surface area contributed by atoms with Gasteiger partial charge in [0, 0.05) is 47.9 Å². The molecule has 0 radical (unpaired) electrons. The molecule has 0 saturated heterocycles. The molecule has 0 fully saturated rings. The van der Waals surface area contributed by atoms with Crippen molar-refractivity contribution in [2.75, 3.05) is 18.1 Å². The minimum atomic E-state index is -0.262. The molecule has 138 valence electrons. The first-order valence-electron chi connectivity index (χ1n) is 9.05. The molecule has 0 atom stereocenters. The summed E-state index contributed by atoms with van der Waals surface area (Å²) in [5.74, 6) is -0.365. The highest BCUT2D eigenvalue weighted by Crippen LogP contribution is 2.21. The van der Waals surface area contributed by atoms with Crippen LogP contribution >= 0.6 is 0 Å². The summed E-state index contributed by atoms with van der Waals surface area (Å²) in [6.45, 7) is 3.42. The van der Waals surface area contributed by atoms with Crippen LogP contribution in [-0.4, -0.2) is 29.7 Å². The number of carbonyl (C=O) groups is 1. The van der Waals surface area contributed by atoms with Crippen molar-refractivity contribution in [2.45, 2.75) is 19.8 Å². The zero-order chi connectivity index (χ0) is 18.8. The summed E-state index contributed by atoms with van der Waals surface area (Å²) in [6.07, 6.45) is 3.52. The first kappa shape index (κ1) is 17.3. The van der Waals surface area contributed by atoms with Crippen molar-refractivity contribution < 1.29 is 9.18 Å². The first-order chi connectivity index (χ1) is 13.1. The second kappa shape index (κ2) is 7.23. The number of rotatable bonds is 5. The molecular formula is C21H21FN4O. The highest BCUT2D eigenvalue weighted by molar-refractivity contribution is 5.94. The number of benzene rings is 2. The number of hydrogen-bond donors (Lipinski definition) is 2. The Morgan fingerprint density at radius 2 is 2.07 bits per heavy atom. The molecule has 0 spiro atoms. The fourth-order valence-electron chi connectivity index (χ4n) is 3.32. The summed E-state index contributed by atoms with van der Waals surface area (Å²) in [5.41, 5.74) is 4.57. The van der Waals surface area contributed by atoms with Gasteiger partial charge in [-0.25, -0.2) is 4.39 Å². The Balaban J connectivity index is 1.35. The molecule has 6 heteroatoms. The average Bonchev–Trinajstić information content (AvgIpc) is 3.28. The Morgan fingerprint density at radius 1 is 1.26 bits per heavy atom. The number of hydrogen-bond acceptors (Lipinski definition) is 3. The molecule has 0 unspecified atom stereocenters. The Hall–Kier alpha value is -3.15. The van der Waals surface area contributed by atoms with Crippen LogP contribution in [0.2, 0.25) is 0 Å². The molecule has 2 heterocycles. The van der Waals surface area contributed by atoms with Gasteiger partial charge in [0.2, 0.25) is 0 Å². The summed E-state index contributed by atoms with van der Waals surface area (Å²) in [6, 6.07) is 12.2. The molecule has 0 bridgehead atoms.